The van der Waals surface area contributed by atoms with E-state index in [9.17, 15) is 9.90 Å². The summed E-state index contributed by atoms with van der Waals surface area (Å²) < 4.78 is 1.35. The molecule has 0 unspecified atom stereocenters. The third-order valence-electron chi connectivity index (χ3n) is 2.08. The van der Waals surface area contributed by atoms with Crippen molar-refractivity contribution >= 4 is 11.3 Å². The highest BCUT2D eigenvalue weighted by Crippen LogP contribution is 2.09. The minimum Gasteiger partial charge on any atom is -0.494 e. The fourth-order valence-corrected chi connectivity index (χ4v) is 1.95. The maximum Gasteiger partial charge on any atom is 0.309 e. The van der Waals surface area contributed by atoms with Crippen LogP contribution in [0.5, 0.6) is 5.88 Å². The molecule has 2 aromatic rings. The van der Waals surface area contributed by atoms with Gasteiger partial charge in [0.15, 0.2) is 0 Å². The lowest BCUT2D eigenvalue weighted by Gasteiger charge is -2.02. The van der Waals surface area contributed by atoms with Crippen LogP contribution in [0.4, 0.5) is 0 Å². The van der Waals surface area contributed by atoms with Gasteiger partial charge >= 0.3 is 4.87 Å². The molecule has 0 bridgehead atoms. The number of pyridine rings is 1. The first-order valence-electron chi connectivity index (χ1n) is 4.54. The first kappa shape index (κ1) is 9.92. The lowest BCUT2D eigenvalue weighted by Crippen LogP contribution is -2.14. The van der Waals surface area contributed by atoms with Gasteiger partial charge in [0.1, 0.15) is 0 Å². The molecule has 2 heterocycles. The third-order valence-corrected chi connectivity index (χ3v) is 2.83. The highest BCUT2D eigenvalue weighted by molar-refractivity contribution is 7.07. The molecule has 0 aliphatic heterocycles. The smallest absolute Gasteiger partial charge is 0.309 e. The summed E-state index contributed by atoms with van der Waals surface area (Å²) >= 11 is 1.00. The Morgan fingerprint density at radius 3 is 2.93 bits per heavy atom. The molecule has 0 amide bonds. The largest absolute Gasteiger partial charge is 0.494 e. The van der Waals surface area contributed by atoms with Crippen LogP contribution in [0, 0.1) is 0 Å². The van der Waals surface area contributed by atoms with Crippen LogP contribution in [0.25, 0.3) is 0 Å². The Balaban J connectivity index is 2.09. The van der Waals surface area contributed by atoms with E-state index in [1.54, 1.807) is 6.20 Å². The maximum absolute atomic E-state index is 11.3. The quantitative estimate of drug-likeness (QED) is 0.850. The van der Waals surface area contributed by atoms with Gasteiger partial charge in [-0.05, 0) is 12.1 Å². The standard InChI is InChI=1S/C10H10N2O2S/c13-9-7-15-10(14)12(9)6-4-8-3-1-2-5-11-8/h1-3,5,7,13H,4,6H2. The number of aryl methyl sites for hydroxylation is 1. The summed E-state index contributed by atoms with van der Waals surface area (Å²) in [4.78, 5) is 15.3. The molecular formula is C10H10N2O2S. The van der Waals surface area contributed by atoms with Crippen LogP contribution in [0.3, 0.4) is 0 Å². The Bertz CT molecular complexity index is 490. The van der Waals surface area contributed by atoms with Gasteiger partial charge in [-0.2, -0.15) is 0 Å². The molecule has 0 aromatic carbocycles. The lowest BCUT2D eigenvalue weighted by molar-refractivity contribution is 0.413. The van der Waals surface area contributed by atoms with E-state index >= 15 is 0 Å². The first-order valence-corrected chi connectivity index (χ1v) is 5.42. The highest BCUT2D eigenvalue weighted by atomic mass is 32.1. The molecule has 0 aliphatic carbocycles. The molecule has 0 spiro atoms. The van der Waals surface area contributed by atoms with E-state index in [1.165, 1.54) is 9.95 Å². The Hall–Kier alpha value is -1.62. The van der Waals surface area contributed by atoms with Crippen LogP contribution in [0.2, 0.25) is 0 Å². The van der Waals surface area contributed by atoms with Gasteiger partial charge in [0.2, 0.25) is 5.88 Å². The predicted molar refractivity (Wildman–Crippen MR) is 58.2 cm³/mol. The van der Waals surface area contributed by atoms with Crippen molar-refractivity contribution in [1.82, 2.24) is 9.55 Å². The molecule has 2 rings (SSSR count). The second kappa shape index (κ2) is 4.27. The van der Waals surface area contributed by atoms with Gasteiger partial charge in [0.25, 0.3) is 0 Å². The number of aromatic hydroxyl groups is 1. The summed E-state index contributed by atoms with van der Waals surface area (Å²) in [5.74, 6) is 0.0286. The van der Waals surface area contributed by atoms with Crippen molar-refractivity contribution in [3.05, 3.63) is 45.1 Å². The molecule has 0 radical (unpaired) electrons. The summed E-state index contributed by atoms with van der Waals surface area (Å²) in [6.07, 6.45) is 2.36. The zero-order valence-corrected chi connectivity index (χ0v) is 8.78. The Morgan fingerprint density at radius 1 is 1.47 bits per heavy atom. The Labute approximate surface area is 90.5 Å². The molecule has 0 saturated heterocycles. The minimum atomic E-state index is -0.136. The van der Waals surface area contributed by atoms with E-state index in [-0.39, 0.29) is 10.8 Å². The molecule has 0 fully saturated rings. The SMILES string of the molecule is O=c1scc(O)n1CCc1ccccn1. The topological polar surface area (TPSA) is 55.1 Å². The van der Waals surface area contributed by atoms with E-state index in [0.717, 1.165) is 17.0 Å². The van der Waals surface area contributed by atoms with Crippen molar-refractivity contribution in [3.8, 4) is 5.88 Å². The summed E-state index contributed by atoms with van der Waals surface area (Å²) in [5.41, 5.74) is 0.912. The molecular weight excluding hydrogens is 212 g/mol. The van der Waals surface area contributed by atoms with Crippen LogP contribution in [0.15, 0.2) is 34.6 Å². The van der Waals surface area contributed by atoms with Crippen LogP contribution in [-0.2, 0) is 13.0 Å². The monoisotopic (exact) mass is 222 g/mol. The van der Waals surface area contributed by atoms with Crippen LogP contribution in [0.1, 0.15) is 5.69 Å². The van der Waals surface area contributed by atoms with E-state index in [1.807, 2.05) is 18.2 Å². The summed E-state index contributed by atoms with van der Waals surface area (Å²) in [6.45, 7) is 0.463. The lowest BCUT2D eigenvalue weighted by atomic mass is 10.3. The van der Waals surface area contributed by atoms with Gasteiger partial charge in [-0.15, -0.1) is 0 Å². The van der Waals surface area contributed by atoms with Crippen LogP contribution >= 0.6 is 11.3 Å². The number of thiazole rings is 1. The predicted octanol–water partition coefficient (Wildman–Crippen LogP) is 1.25. The van der Waals surface area contributed by atoms with Crippen molar-refractivity contribution in [2.75, 3.05) is 0 Å². The Kier molecular flexibility index (Phi) is 2.82. The van der Waals surface area contributed by atoms with Gasteiger partial charge in [0.05, 0.1) is 5.38 Å². The number of nitrogens with zero attached hydrogens (tertiary/aromatic N) is 2. The van der Waals surface area contributed by atoms with E-state index in [4.69, 9.17) is 0 Å². The summed E-state index contributed by atoms with van der Waals surface area (Å²) in [6, 6.07) is 5.64. The maximum atomic E-state index is 11.3. The average Bonchev–Trinajstić information content (AvgIpc) is 2.58. The molecule has 0 atom stereocenters. The van der Waals surface area contributed by atoms with Gasteiger partial charge in [0, 0.05) is 24.9 Å². The molecule has 2 aromatic heterocycles. The second-order valence-electron chi connectivity index (χ2n) is 3.08. The van der Waals surface area contributed by atoms with Crippen LogP contribution < -0.4 is 4.87 Å². The van der Waals surface area contributed by atoms with Crippen molar-refractivity contribution in [3.63, 3.8) is 0 Å². The minimum absolute atomic E-state index is 0.0286. The van der Waals surface area contributed by atoms with E-state index < -0.39 is 0 Å². The second-order valence-corrected chi connectivity index (χ2v) is 3.90. The molecule has 4 nitrogen and oxygen atoms in total. The molecule has 0 aliphatic rings. The summed E-state index contributed by atoms with van der Waals surface area (Å²) in [5, 5.41) is 10.8. The molecule has 78 valence electrons. The zero-order chi connectivity index (χ0) is 10.7. The Morgan fingerprint density at radius 2 is 2.33 bits per heavy atom. The van der Waals surface area contributed by atoms with Crippen molar-refractivity contribution in [1.29, 1.82) is 0 Å². The van der Waals surface area contributed by atoms with Gasteiger partial charge in [-0.3, -0.25) is 14.3 Å². The normalized spacial score (nSPS) is 10.4. The van der Waals surface area contributed by atoms with Gasteiger partial charge < -0.3 is 5.11 Å². The van der Waals surface area contributed by atoms with Crippen LogP contribution in [-0.4, -0.2) is 14.7 Å². The number of rotatable bonds is 3. The van der Waals surface area contributed by atoms with E-state index in [0.29, 0.717) is 13.0 Å². The number of hydrogen-bond acceptors (Lipinski definition) is 4. The molecule has 1 N–H and O–H groups in total. The number of aromatic nitrogens is 2. The van der Waals surface area contributed by atoms with Crippen molar-refractivity contribution < 1.29 is 5.11 Å². The highest BCUT2D eigenvalue weighted by Gasteiger charge is 2.04. The average molecular weight is 222 g/mol. The fourth-order valence-electron chi connectivity index (χ4n) is 1.30. The zero-order valence-electron chi connectivity index (χ0n) is 7.96. The van der Waals surface area contributed by atoms with Crippen molar-refractivity contribution in [2.24, 2.45) is 0 Å². The third kappa shape index (κ3) is 2.24. The molecule has 0 saturated carbocycles. The summed E-state index contributed by atoms with van der Waals surface area (Å²) in [7, 11) is 0. The first-order chi connectivity index (χ1) is 7.27. The van der Waals surface area contributed by atoms with Gasteiger partial charge in [-0.1, -0.05) is 17.4 Å². The van der Waals surface area contributed by atoms with Gasteiger partial charge in [-0.25, -0.2) is 0 Å². The fraction of sp³-hybridized carbons (Fsp3) is 0.200. The molecule has 15 heavy (non-hydrogen) atoms. The number of hydrogen-bond donors (Lipinski definition) is 1. The molecule has 5 heteroatoms. The van der Waals surface area contributed by atoms with Crippen molar-refractivity contribution in [2.45, 2.75) is 13.0 Å². The van der Waals surface area contributed by atoms with E-state index in [2.05, 4.69) is 4.98 Å².